The van der Waals surface area contributed by atoms with Crippen molar-refractivity contribution in [2.45, 2.75) is 18.8 Å². The maximum Gasteiger partial charge on any atom is 0.119 e. The lowest BCUT2D eigenvalue weighted by Gasteiger charge is -2.24. The van der Waals surface area contributed by atoms with Crippen LogP contribution >= 0.6 is 35.0 Å². The van der Waals surface area contributed by atoms with Gasteiger partial charge in [0.1, 0.15) is 16.2 Å². The standard InChI is InChI=1S/C27H25Cl2N3OS/c1-2-33-23-9-5-8-22(15-23)27-30-32(16-19-10-11-20-6-3-4-7-21(20)14-19)26(34-27)18-31-13-12-24(28)25(29)17-31/h3-12,14-15,17-18,27,30H,2,13,16H2,1H3. The SMILES string of the molecule is CCOc1cccc(C2NN(Cc3ccc4ccccc4c3)C(=CN3C=C(Cl)C(Cl)=CC3)S2)c1. The van der Waals surface area contributed by atoms with E-state index in [1.807, 2.05) is 31.3 Å². The van der Waals surface area contributed by atoms with Crippen LogP contribution in [0.4, 0.5) is 0 Å². The smallest absolute Gasteiger partial charge is 0.119 e. The Bertz CT molecular complexity index is 1290. The number of hydrogen-bond acceptors (Lipinski definition) is 5. The first-order chi connectivity index (χ1) is 16.6. The van der Waals surface area contributed by atoms with Crippen LogP contribution in [0.15, 0.2) is 100 Å². The summed E-state index contributed by atoms with van der Waals surface area (Å²) in [5.74, 6) is 0.881. The van der Waals surface area contributed by atoms with E-state index in [0.29, 0.717) is 23.2 Å². The summed E-state index contributed by atoms with van der Waals surface area (Å²) in [5.41, 5.74) is 6.08. The number of hydrazine groups is 1. The lowest BCUT2D eigenvalue weighted by Crippen LogP contribution is -2.31. The third-order valence-corrected chi connectivity index (χ3v) is 7.61. The van der Waals surface area contributed by atoms with Crippen LogP contribution in [0.2, 0.25) is 0 Å². The summed E-state index contributed by atoms with van der Waals surface area (Å²) in [5, 5.41) is 6.99. The number of nitrogens with one attached hydrogen (secondary N) is 1. The van der Waals surface area contributed by atoms with Crippen molar-refractivity contribution in [1.29, 1.82) is 0 Å². The molecule has 3 aromatic carbocycles. The zero-order chi connectivity index (χ0) is 23.5. The number of halogens is 2. The Hall–Kier alpha value is -2.57. The van der Waals surface area contributed by atoms with Crippen LogP contribution in [0.5, 0.6) is 5.75 Å². The van der Waals surface area contributed by atoms with Gasteiger partial charge in [0.25, 0.3) is 0 Å². The van der Waals surface area contributed by atoms with E-state index in [2.05, 4.69) is 76.1 Å². The van der Waals surface area contributed by atoms with Crippen molar-refractivity contribution in [2.24, 2.45) is 0 Å². The number of rotatable bonds is 6. The molecule has 1 atom stereocenters. The van der Waals surface area contributed by atoms with E-state index >= 15 is 0 Å². The summed E-state index contributed by atoms with van der Waals surface area (Å²) in [4.78, 5) is 2.06. The first-order valence-corrected chi connectivity index (χ1v) is 12.8. The topological polar surface area (TPSA) is 27.7 Å². The molecule has 0 aromatic heterocycles. The molecular formula is C27H25Cl2N3OS. The molecule has 1 saturated heterocycles. The Balaban J connectivity index is 1.43. The largest absolute Gasteiger partial charge is 0.494 e. The molecule has 0 bridgehead atoms. The van der Waals surface area contributed by atoms with Crippen LogP contribution in [0.25, 0.3) is 10.8 Å². The number of nitrogens with zero attached hydrogens (tertiary/aromatic N) is 2. The molecule has 174 valence electrons. The van der Waals surface area contributed by atoms with E-state index in [9.17, 15) is 0 Å². The van der Waals surface area contributed by atoms with Crippen molar-refractivity contribution >= 4 is 45.7 Å². The summed E-state index contributed by atoms with van der Waals surface area (Å²) >= 11 is 14.2. The molecular weight excluding hydrogens is 485 g/mol. The normalized spacial score (nSPS) is 19.5. The van der Waals surface area contributed by atoms with E-state index < -0.39 is 0 Å². The molecule has 3 aromatic rings. The highest BCUT2D eigenvalue weighted by Crippen LogP contribution is 2.42. The van der Waals surface area contributed by atoms with Gasteiger partial charge in [0, 0.05) is 18.9 Å². The van der Waals surface area contributed by atoms with Gasteiger partial charge in [0.05, 0.1) is 23.2 Å². The summed E-state index contributed by atoms with van der Waals surface area (Å²) in [6.45, 7) is 4.05. The highest BCUT2D eigenvalue weighted by atomic mass is 35.5. The van der Waals surface area contributed by atoms with Crippen molar-refractivity contribution in [3.05, 3.63) is 111 Å². The molecule has 5 rings (SSSR count). The van der Waals surface area contributed by atoms with Gasteiger partial charge < -0.3 is 9.64 Å². The number of allylic oxidation sites excluding steroid dienone is 2. The zero-order valence-corrected chi connectivity index (χ0v) is 21.1. The van der Waals surface area contributed by atoms with Gasteiger partial charge in [-0.1, -0.05) is 83.5 Å². The monoisotopic (exact) mass is 509 g/mol. The average Bonchev–Trinajstić information content (AvgIpc) is 3.24. The fourth-order valence-electron chi connectivity index (χ4n) is 4.01. The summed E-state index contributed by atoms with van der Waals surface area (Å²) < 4.78 is 5.72. The van der Waals surface area contributed by atoms with Gasteiger partial charge in [0.15, 0.2) is 0 Å². The van der Waals surface area contributed by atoms with Crippen LogP contribution in [0.3, 0.4) is 0 Å². The van der Waals surface area contributed by atoms with Gasteiger partial charge in [-0.2, -0.15) is 0 Å². The number of ether oxygens (including phenoxy) is 1. The number of hydrogen-bond donors (Lipinski definition) is 1. The number of thioether (sulfide) groups is 1. The van der Waals surface area contributed by atoms with E-state index in [1.54, 1.807) is 11.8 Å². The molecule has 2 heterocycles. The first kappa shape index (κ1) is 23.2. The maximum absolute atomic E-state index is 6.28. The van der Waals surface area contributed by atoms with Crippen molar-refractivity contribution in [2.75, 3.05) is 13.2 Å². The third-order valence-electron chi connectivity index (χ3n) is 5.67. The molecule has 0 aliphatic carbocycles. The second-order valence-corrected chi connectivity index (χ2v) is 10.0. The first-order valence-electron chi connectivity index (χ1n) is 11.2. The van der Waals surface area contributed by atoms with Crippen LogP contribution in [0.1, 0.15) is 23.4 Å². The van der Waals surface area contributed by atoms with Crippen molar-refractivity contribution in [3.63, 3.8) is 0 Å². The second-order valence-electron chi connectivity index (χ2n) is 8.09. The number of fused-ring (bicyclic) bond motifs is 1. The van der Waals surface area contributed by atoms with Crippen LogP contribution in [-0.2, 0) is 6.54 Å². The molecule has 0 amide bonds. The minimum atomic E-state index is 0.0653. The maximum atomic E-state index is 6.28. The molecule has 7 heteroatoms. The molecule has 0 saturated carbocycles. The molecule has 2 aliphatic heterocycles. The van der Waals surface area contributed by atoms with Crippen molar-refractivity contribution in [3.8, 4) is 5.75 Å². The minimum absolute atomic E-state index is 0.0653. The molecule has 34 heavy (non-hydrogen) atoms. The summed E-state index contributed by atoms with van der Waals surface area (Å²) in [6, 6.07) is 23.3. The van der Waals surface area contributed by atoms with Crippen molar-refractivity contribution in [1.82, 2.24) is 15.3 Å². The Morgan fingerprint density at radius 2 is 1.88 bits per heavy atom. The minimum Gasteiger partial charge on any atom is -0.494 e. The quantitative estimate of drug-likeness (QED) is 0.376. The zero-order valence-electron chi connectivity index (χ0n) is 18.7. The van der Waals surface area contributed by atoms with E-state index in [-0.39, 0.29) is 5.37 Å². The molecule has 1 N–H and O–H groups in total. The lowest BCUT2D eigenvalue weighted by molar-refractivity contribution is 0.260. The van der Waals surface area contributed by atoms with E-state index in [4.69, 9.17) is 27.9 Å². The highest BCUT2D eigenvalue weighted by molar-refractivity contribution is 8.03. The van der Waals surface area contributed by atoms with Gasteiger partial charge in [-0.3, -0.25) is 5.01 Å². The van der Waals surface area contributed by atoms with Gasteiger partial charge in [-0.25, -0.2) is 5.43 Å². The number of benzene rings is 3. The van der Waals surface area contributed by atoms with Crippen LogP contribution in [-0.4, -0.2) is 23.1 Å². The van der Waals surface area contributed by atoms with Gasteiger partial charge in [0.2, 0.25) is 0 Å². The molecule has 0 spiro atoms. The molecule has 0 radical (unpaired) electrons. The Labute approximate surface area is 214 Å². The van der Waals surface area contributed by atoms with Crippen LogP contribution in [0, 0.1) is 0 Å². The molecule has 4 nitrogen and oxygen atoms in total. The molecule has 1 unspecified atom stereocenters. The predicted octanol–water partition coefficient (Wildman–Crippen LogP) is 7.31. The van der Waals surface area contributed by atoms with E-state index in [1.165, 1.54) is 16.3 Å². The Morgan fingerprint density at radius 3 is 2.71 bits per heavy atom. The third kappa shape index (κ3) is 5.23. The summed E-state index contributed by atoms with van der Waals surface area (Å²) in [7, 11) is 0. The van der Waals surface area contributed by atoms with Crippen LogP contribution < -0.4 is 10.2 Å². The second kappa shape index (κ2) is 10.4. The van der Waals surface area contributed by atoms with Gasteiger partial charge in [-0.05, 0) is 53.1 Å². The van der Waals surface area contributed by atoms with E-state index in [0.717, 1.165) is 22.9 Å². The fraction of sp³-hybridized carbons (Fsp3) is 0.185. The highest BCUT2D eigenvalue weighted by Gasteiger charge is 2.29. The van der Waals surface area contributed by atoms with Gasteiger partial charge in [-0.15, -0.1) is 0 Å². The fourth-order valence-corrected chi connectivity index (χ4v) is 5.48. The van der Waals surface area contributed by atoms with Crippen molar-refractivity contribution < 1.29 is 4.74 Å². The summed E-state index contributed by atoms with van der Waals surface area (Å²) in [6.07, 6.45) is 5.91. The Kier molecular flexibility index (Phi) is 7.07. The molecule has 1 fully saturated rings. The predicted molar refractivity (Wildman–Crippen MR) is 143 cm³/mol. The lowest BCUT2D eigenvalue weighted by atomic mass is 10.1. The van der Waals surface area contributed by atoms with Gasteiger partial charge >= 0.3 is 0 Å². The average molecular weight is 510 g/mol. The Morgan fingerprint density at radius 1 is 1.03 bits per heavy atom. The molecule has 2 aliphatic rings.